The summed E-state index contributed by atoms with van der Waals surface area (Å²) in [6.07, 6.45) is 2.10. The van der Waals surface area contributed by atoms with Gasteiger partial charge in [0.25, 0.3) is 0 Å². The van der Waals surface area contributed by atoms with Crippen molar-refractivity contribution in [2.45, 2.75) is 23.8 Å². The molecular weight excluding hydrogens is 355 g/mol. The standard InChI is InChI=1S/C19H23FN2O3S/c1-25-16-10-8-15(9-11-16)18-6-4-13-22(18)14-12-21-26(23,24)19-7-3-2-5-17(19)20/h2-3,5,7-11,18,21H,4,6,12-14H2,1H3. The molecule has 5 nitrogen and oxygen atoms in total. The van der Waals surface area contributed by atoms with E-state index < -0.39 is 15.8 Å². The number of halogens is 1. The van der Waals surface area contributed by atoms with Crippen LogP contribution in [0.5, 0.6) is 5.75 Å². The zero-order valence-corrected chi connectivity index (χ0v) is 15.5. The molecule has 26 heavy (non-hydrogen) atoms. The molecule has 140 valence electrons. The maximum absolute atomic E-state index is 13.7. The highest BCUT2D eigenvalue weighted by atomic mass is 32.2. The quantitative estimate of drug-likeness (QED) is 0.805. The highest BCUT2D eigenvalue weighted by molar-refractivity contribution is 7.89. The third-order valence-electron chi connectivity index (χ3n) is 4.68. The predicted molar refractivity (Wildman–Crippen MR) is 98.1 cm³/mol. The summed E-state index contributed by atoms with van der Waals surface area (Å²) in [4.78, 5) is 1.94. The van der Waals surface area contributed by atoms with E-state index in [2.05, 4.69) is 9.62 Å². The summed E-state index contributed by atoms with van der Waals surface area (Å²) in [7, 11) is -2.20. The molecule has 1 saturated heterocycles. The van der Waals surface area contributed by atoms with E-state index in [-0.39, 0.29) is 17.5 Å². The molecule has 7 heteroatoms. The second-order valence-electron chi connectivity index (χ2n) is 6.30. The molecule has 2 aromatic carbocycles. The van der Waals surface area contributed by atoms with Crippen molar-refractivity contribution >= 4 is 10.0 Å². The molecule has 0 spiro atoms. The van der Waals surface area contributed by atoms with Gasteiger partial charge in [0.1, 0.15) is 16.5 Å². The highest BCUT2D eigenvalue weighted by Gasteiger charge is 2.26. The summed E-state index contributed by atoms with van der Waals surface area (Å²) in [6, 6.07) is 13.6. The van der Waals surface area contributed by atoms with Crippen LogP contribution in [-0.2, 0) is 10.0 Å². The van der Waals surface area contributed by atoms with Crippen molar-refractivity contribution in [2.75, 3.05) is 26.7 Å². The molecule has 1 N–H and O–H groups in total. The minimum atomic E-state index is -3.84. The molecule has 0 radical (unpaired) electrons. The van der Waals surface area contributed by atoms with Gasteiger partial charge in [0.15, 0.2) is 0 Å². The van der Waals surface area contributed by atoms with Crippen LogP contribution in [0.4, 0.5) is 4.39 Å². The summed E-state index contributed by atoms with van der Waals surface area (Å²) in [5, 5.41) is 0. The second-order valence-corrected chi connectivity index (χ2v) is 8.03. The van der Waals surface area contributed by atoms with E-state index in [4.69, 9.17) is 4.74 Å². The van der Waals surface area contributed by atoms with Gasteiger partial charge in [0, 0.05) is 19.1 Å². The van der Waals surface area contributed by atoms with E-state index in [1.165, 1.54) is 23.8 Å². The Morgan fingerprint density at radius 1 is 1.19 bits per heavy atom. The zero-order valence-electron chi connectivity index (χ0n) is 14.7. The van der Waals surface area contributed by atoms with Crippen molar-refractivity contribution in [3.8, 4) is 5.75 Å². The maximum Gasteiger partial charge on any atom is 0.243 e. The van der Waals surface area contributed by atoms with Crippen LogP contribution < -0.4 is 9.46 Å². The molecule has 2 aromatic rings. The smallest absolute Gasteiger partial charge is 0.243 e. The lowest BCUT2D eigenvalue weighted by molar-refractivity contribution is 0.261. The number of rotatable bonds is 7. The summed E-state index contributed by atoms with van der Waals surface area (Å²) in [5.41, 5.74) is 1.19. The van der Waals surface area contributed by atoms with Crippen LogP contribution in [0.1, 0.15) is 24.4 Å². The first-order valence-corrected chi connectivity index (χ1v) is 10.1. The molecule has 3 rings (SSSR count). The number of nitrogens with one attached hydrogen (secondary N) is 1. The molecule has 0 amide bonds. The van der Waals surface area contributed by atoms with Crippen LogP contribution in [0, 0.1) is 5.82 Å². The topological polar surface area (TPSA) is 58.6 Å². The fraction of sp³-hybridized carbons (Fsp3) is 0.368. The predicted octanol–water partition coefficient (Wildman–Crippen LogP) is 2.95. The first-order valence-electron chi connectivity index (χ1n) is 8.63. The Hall–Kier alpha value is -1.96. The number of benzene rings is 2. The maximum atomic E-state index is 13.7. The molecule has 0 aromatic heterocycles. The Kier molecular flexibility index (Phi) is 5.90. The van der Waals surface area contributed by atoms with Gasteiger partial charge in [-0.25, -0.2) is 17.5 Å². The molecule has 1 aliphatic heterocycles. The summed E-state index contributed by atoms with van der Waals surface area (Å²) in [5.74, 6) is 0.0771. The molecule has 1 heterocycles. The Morgan fingerprint density at radius 3 is 2.62 bits per heavy atom. The van der Waals surface area contributed by atoms with E-state index in [1.807, 2.05) is 24.3 Å². The lowest BCUT2D eigenvalue weighted by Gasteiger charge is -2.25. The van der Waals surface area contributed by atoms with Crippen molar-refractivity contribution < 1.29 is 17.5 Å². The molecule has 0 aliphatic carbocycles. The number of nitrogens with zero attached hydrogens (tertiary/aromatic N) is 1. The van der Waals surface area contributed by atoms with Gasteiger partial charge >= 0.3 is 0 Å². The molecule has 1 aliphatic rings. The third-order valence-corrected chi connectivity index (χ3v) is 6.18. The molecule has 1 unspecified atom stereocenters. The minimum Gasteiger partial charge on any atom is -0.497 e. The molecule has 0 bridgehead atoms. The number of methoxy groups -OCH3 is 1. The van der Waals surface area contributed by atoms with Crippen LogP contribution in [0.3, 0.4) is 0 Å². The van der Waals surface area contributed by atoms with Gasteiger partial charge in [-0.1, -0.05) is 24.3 Å². The fourth-order valence-corrected chi connectivity index (χ4v) is 4.46. The molecule has 1 fully saturated rings. The molecular formula is C19H23FN2O3S. The van der Waals surface area contributed by atoms with Crippen molar-refractivity contribution in [3.63, 3.8) is 0 Å². The highest BCUT2D eigenvalue weighted by Crippen LogP contribution is 2.32. The van der Waals surface area contributed by atoms with Crippen LogP contribution >= 0.6 is 0 Å². The van der Waals surface area contributed by atoms with Gasteiger partial charge in [-0.05, 0) is 49.2 Å². The van der Waals surface area contributed by atoms with Crippen molar-refractivity contribution in [2.24, 2.45) is 0 Å². The van der Waals surface area contributed by atoms with Crippen LogP contribution in [0.15, 0.2) is 53.4 Å². The Morgan fingerprint density at radius 2 is 1.92 bits per heavy atom. The van der Waals surface area contributed by atoms with Gasteiger partial charge < -0.3 is 4.74 Å². The van der Waals surface area contributed by atoms with E-state index in [9.17, 15) is 12.8 Å². The SMILES string of the molecule is COc1ccc(C2CCCN2CCNS(=O)(=O)c2ccccc2F)cc1. The van der Waals surface area contributed by atoms with Crippen molar-refractivity contribution in [3.05, 3.63) is 59.9 Å². The monoisotopic (exact) mass is 378 g/mol. The number of hydrogen-bond acceptors (Lipinski definition) is 4. The van der Waals surface area contributed by atoms with Crippen LogP contribution in [0.25, 0.3) is 0 Å². The van der Waals surface area contributed by atoms with Crippen molar-refractivity contribution in [1.29, 1.82) is 0 Å². The Balaban J connectivity index is 1.61. The van der Waals surface area contributed by atoms with Gasteiger partial charge in [0.2, 0.25) is 10.0 Å². The van der Waals surface area contributed by atoms with E-state index >= 15 is 0 Å². The Bertz CT molecular complexity index is 840. The minimum absolute atomic E-state index is 0.239. The molecule has 1 atom stereocenters. The zero-order chi connectivity index (χ0) is 18.6. The van der Waals surface area contributed by atoms with Gasteiger partial charge in [0.05, 0.1) is 7.11 Å². The largest absolute Gasteiger partial charge is 0.497 e. The van der Waals surface area contributed by atoms with Gasteiger partial charge in [-0.15, -0.1) is 0 Å². The fourth-order valence-electron chi connectivity index (χ4n) is 3.36. The van der Waals surface area contributed by atoms with Crippen LogP contribution in [0.2, 0.25) is 0 Å². The molecule has 0 saturated carbocycles. The Labute approximate surface area is 153 Å². The van der Waals surface area contributed by atoms with E-state index in [0.717, 1.165) is 31.2 Å². The second kappa shape index (κ2) is 8.16. The van der Waals surface area contributed by atoms with Crippen molar-refractivity contribution in [1.82, 2.24) is 9.62 Å². The van der Waals surface area contributed by atoms with Gasteiger partial charge in [-0.2, -0.15) is 0 Å². The van der Waals surface area contributed by atoms with Gasteiger partial charge in [-0.3, -0.25) is 4.90 Å². The number of hydrogen-bond donors (Lipinski definition) is 1. The lowest BCUT2D eigenvalue weighted by Crippen LogP contribution is -2.35. The number of likely N-dealkylation sites (tertiary alicyclic amines) is 1. The first kappa shape index (κ1) is 18.8. The van der Waals surface area contributed by atoms with E-state index in [0.29, 0.717) is 6.54 Å². The first-order chi connectivity index (χ1) is 12.5. The normalized spacial score (nSPS) is 18.2. The summed E-state index contributed by atoms with van der Waals surface area (Å²) < 4.78 is 45.9. The third kappa shape index (κ3) is 4.23. The average Bonchev–Trinajstić information content (AvgIpc) is 3.10. The summed E-state index contributed by atoms with van der Waals surface area (Å²) >= 11 is 0. The number of sulfonamides is 1. The van der Waals surface area contributed by atoms with Crippen LogP contribution in [-0.4, -0.2) is 40.1 Å². The number of ether oxygens (including phenoxy) is 1. The average molecular weight is 378 g/mol. The van der Waals surface area contributed by atoms with E-state index in [1.54, 1.807) is 7.11 Å². The lowest BCUT2D eigenvalue weighted by atomic mass is 10.0. The summed E-state index contributed by atoms with van der Waals surface area (Å²) in [6.45, 7) is 1.73.